The Hall–Kier alpha value is -1.78. The Bertz CT molecular complexity index is 745. The van der Waals surface area contributed by atoms with Crippen LogP contribution in [0.4, 0.5) is 0 Å². The lowest BCUT2D eigenvalue weighted by Crippen LogP contribution is -2.24. The van der Waals surface area contributed by atoms with Crippen LogP contribution >= 0.6 is 0 Å². The van der Waals surface area contributed by atoms with Gasteiger partial charge in [0.25, 0.3) is 6.48 Å². The van der Waals surface area contributed by atoms with Crippen molar-refractivity contribution in [2.45, 2.75) is 200 Å². The highest BCUT2D eigenvalue weighted by molar-refractivity contribution is 5.74. The number of ether oxygens (including phenoxy) is 2. The van der Waals surface area contributed by atoms with Crippen LogP contribution in [0.3, 0.4) is 0 Å². The number of nitrogens with one attached hydrogen (secondary N) is 1. The predicted molar refractivity (Wildman–Crippen MR) is 214 cm³/mol. The molecule has 0 fully saturated rings. The number of aliphatic carboxylic acids is 1. The number of hydroxylamine groups is 3. The van der Waals surface area contributed by atoms with E-state index in [9.17, 15) is 9.59 Å². The van der Waals surface area contributed by atoms with Crippen molar-refractivity contribution in [2.24, 2.45) is 0 Å². The Morgan fingerprint density at radius 2 is 0.902 bits per heavy atom. The molecule has 304 valence electrons. The van der Waals surface area contributed by atoms with Gasteiger partial charge < -0.3 is 14.6 Å². The van der Waals surface area contributed by atoms with Crippen molar-refractivity contribution >= 4 is 11.9 Å². The zero-order valence-electron chi connectivity index (χ0n) is 34.5. The van der Waals surface area contributed by atoms with Crippen molar-refractivity contribution in [3.63, 3.8) is 0 Å². The molecule has 9 nitrogen and oxygen atoms in total. The summed E-state index contributed by atoms with van der Waals surface area (Å²) in [6.45, 7) is 3.91. The van der Waals surface area contributed by atoms with Gasteiger partial charge in [-0.25, -0.2) is 15.4 Å². The molecule has 0 heterocycles. The molecule has 0 rings (SSSR count). The Morgan fingerprint density at radius 1 is 0.569 bits per heavy atom. The zero-order valence-corrected chi connectivity index (χ0v) is 34.5. The smallest absolute Gasteiger partial charge is 0.303 e. The van der Waals surface area contributed by atoms with Gasteiger partial charge in [0.1, 0.15) is 0 Å². The lowest BCUT2D eigenvalue weighted by atomic mass is 10.1. The van der Waals surface area contributed by atoms with Crippen molar-refractivity contribution in [1.29, 1.82) is 0 Å². The third kappa shape index (κ3) is 50.4. The third-order valence-electron chi connectivity index (χ3n) is 8.53. The number of unbranched alkanes of at least 4 members (excludes halogenated alkanes) is 22. The van der Waals surface area contributed by atoms with E-state index in [1.807, 2.05) is 0 Å². The van der Waals surface area contributed by atoms with Crippen LogP contribution < -0.4 is 5.48 Å². The molecule has 0 aliphatic heterocycles. The van der Waals surface area contributed by atoms with Crippen molar-refractivity contribution in [2.75, 3.05) is 35.4 Å². The number of allylic oxidation sites excluding steroid dienone is 4. The molecular formula is C42H84N2O7. The summed E-state index contributed by atoms with van der Waals surface area (Å²) >= 11 is 0. The number of carboxylic acid groups (broad SMARTS) is 1. The number of carboxylic acids is 1. The van der Waals surface area contributed by atoms with Crippen LogP contribution in [0.1, 0.15) is 194 Å². The van der Waals surface area contributed by atoms with E-state index in [-0.39, 0.29) is 5.91 Å². The second kappa shape index (κ2) is 48.2. The van der Waals surface area contributed by atoms with E-state index in [0.29, 0.717) is 12.8 Å². The average Bonchev–Trinajstić information content (AvgIpc) is 3.13. The lowest BCUT2D eigenvalue weighted by Gasteiger charge is -2.12. The summed E-state index contributed by atoms with van der Waals surface area (Å²) < 4.78 is 9.27. The SMILES string of the molecule is CCCCCCCC/C=C\CCCCCCCC(=O)N(C)OC.CCCCCCCC/C=C\CCCCCCCC(=O)O.CNOC(OC)OC. The maximum Gasteiger partial charge on any atom is 0.303 e. The minimum absolute atomic E-state index is 0.0742. The zero-order chi connectivity index (χ0) is 38.5. The maximum absolute atomic E-state index is 11.5. The van der Waals surface area contributed by atoms with Gasteiger partial charge in [0.15, 0.2) is 0 Å². The highest BCUT2D eigenvalue weighted by Crippen LogP contribution is 2.12. The van der Waals surface area contributed by atoms with E-state index in [0.717, 1.165) is 25.7 Å². The first-order valence-corrected chi connectivity index (χ1v) is 20.5. The first kappa shape index (κ1) is 53.6. The highest BCUT2D eigenvalue weighted by Gasteiger charge is 2.06. The molecule has 51 heavy (non-hydrogen) atoms. The summed E-state index contributed by atoms with van der Waals surface area (Å²) in [4.78, 5) is 31.3. The standard InChI is InChI=1S/C20H39NO2.C18H34O2.C4H11NO3/c1-4-5-6-7-8-9-10-11-12-13-14-15-16-17-18-19-20(22)21(2)23-3;1-2-3-4-5-6-7-8-9-10-11-12-13-14-15-16-17-18(19)20;1-5-8-4(6-2)7-3/h11-12H,4-10,13-19H2,1-3H3;9-10H,2-8,11-17H2,1H3,(H,19,20);4-5H,1-3H3/b12-11-;10-9-;. The first-order valence-electron chi connectivity index (χ1n) is 20.5. The molecule has 0 unspecified atom stereocenters. The second-order valence-electron chi connectivity index (χ2n) is 13.2. The van der Waals surface area contributed by atoms with Crippen LogP contribution in [0.2, 0.25) is 0 Å². The van der Waals surface area contributed by atoms with Crippen LogP contribution in [0, 0.1) is 0 Å². The molecule has 0 aromatic carbocycles. The molecule has 0 aromatic rings. The summed E-state index contributed by atoms with van der Waals surface area (Å²) in [6, 6.07) is 0. The first-order chi connectivity index (χ1) is 24.8. The molecule has 0 aromatic heterocycles. The summed E-state index contributed by atoms with van der Waals surface area (Å²) in [6.07, 6.45) is 43.2. The average molecular weight is 729 g/mol. The molecule has 0 spiro atoms. The fraction of sp³-hybridized carbons (Fsp3) is 0.857. The van der Waals surface area contributed by atoms with Gasteiger partial charge in [-0.15, -0.1) is 0 Å². The fourth-order valence-electron chi connectivity index (χ4n) is 5.24. The number of hydrogen-bond donors (Lipinski definition) is 2. The molecular weight excluding hydrogens is 644 g/mol. The number of methoxy groups -OCH3 is 2. The second-order valence-corrected chi connectivity index (χ2v) is 13.2. The number of rotatable bonds is 35. The van der Waals surface area contributed by atoms with Gasteiger partial charge in [-0.3, -0.25) is 14.4 Å². The fourth-order valence-corrected chi connectivity index (χ4v) is 5.24. The number of carbonyl (C=O) groups is 2. The van der Waals surface area contributed by atoms with Gasteiger partial charge in [-0.2, -0.15) is 0 Å². The Morgan fingerprint density at radius 3 is 1.20 bits per heavy atom. The van der Waals surface area contributed by atoms with Gasteiger partial charge in [-0.1, -0.05) is 141 Å². The van der Waals surface area contributed by atoms with Crippen LogP contribution in [0.15, 0.2) is 24.3 Å². The molecule has 0 aliphatic rings. The molecule has 2 N–H and O–H groups in total. The van der Waals surface area contributed by atoms with Crippen molar-refractivity contribution in [3.8, 4) is 0 Å². The summed E-state index contributed by atoms with van der Waals surface area (Å²) in [5, 5.41) is 9.82. The topological polar surface area (TPSA) is 107 Å². The number of carbonyl (C=O) groups excluding carboxylic acids is 1. The van der Waals surface area contributed by atoms with E-state index in [4.69, 9.17) is 9.94 Å². The minimum atomic E-state index is -0.664. The summed E-state index contributed by atoms with van der Waals surface area (Å²) in [5.41, 5.74) is 2.42. The molecule has 1 amide bonds. The van der Waals surface area contributed by atoms with E-state index in [1.165, 1.54) is 168 Å². The summed E-state index contributed by atoms with van der Waals surface area (Å²) in [7, 11) is 7.81. The predicted octanol–water partition coefficient (Wildman–Crippen LogP) is 11.9. The van der Waals surface area contributed by atoms with Crippen molar-refractivity contribution < 1.29 is 33.8 Å². The molecule has 0 atom stereocenters. The van der Waals surface area contributed by atoms with Crippen LogP contribution in [-0.2, 0) is 28.7 Å². The van der Waals surface area contributed by atoms with Crippen molar-refractivity contribution in [3.05, 3.63) is 24.3 Å². The monoisotopic (exact) mass is 729 g/mol. The van der Waals surface area contributed by atoms with Gasteiger partial charge in [0.05, 0.1) is 7.11 Å². The molecule has 0 bridgehead atoms. The normalized spacial score (nSPS) is 11.1. The Kier molecular flexibility index (Phi) is 50.7. The number of nitrogens with zero attached hydrogens (tertiary/aromatic N) is 1. The van der Waals surface area contributed by atoms with E-state index >= 15 is 0 Å². The minimum Gasteiger partial charge on any atom is -0.481 e. The highest BCUT2D eigenvalue weighted by atomic mass is 16.9. The molecule has 0 saturated carbocycles. The van der Waals surface area contributed by atoms with Crippen LogP contribution in [0.5, 0.6) is 0 Å². The number of amides is 1. The largest absolute Gasteiger partial charge is 0.481 e. The van der Waals surface area contributed by atoms with Crippen LogP contribution in [0.25, 0.3) is 0 Å². The quantitative estimate of drug-likeness (QED) is 0.0287. The number of hydrogen-bond acceptors (Lipinski definition) is 7. The van der Waals surface area contributed by atoms with Crippen LogP contribution in [-0.4, -0.2) is 63.9 Å². The third-order valence-corrected chi connectivity index (χ3v) is 8.53. The van der Waals surface area contributed by atoms with Gasteiger partial charge >= 0.3 is 5.97 Å². The van der Waals surface area contributed by atoms with E-state index < -0.39 is 12.4 Å². The van der Waals surface area contributed by atoms with Crippen molar-refractivity contribution in [1.82, 2.24) is 10.5 Å². The molecule has 0 aliphatic carbocycles. The molecule has 0 saturated heterocycles. The Balaban J connectivity index is -0.000000749. The van der Waals surface area contributed by atoms with Gasteiger partial charge in [-0.05, 0) is 64.2 Å². The van der Waals surface area contributed by atoms with Gasteiger partial charge in [0.2, 0.25) is 5.91 Å². The lowest BCUT2D eigenvalue weighted by molar-refractivity contribution is -0.287. The Labute approximate surface area is 315 Å². The molecule has 0 radical (unpaired) electrons. The van der Waals surface area contributed by atoms with Gasteiger partial charge in [0, 0.05) is 41.2 Å². The maximum atomic E-state index is 11.5. The molecule has 9 heteroatoms. The van der Waals surface area contributed by atoms with E-state index in [2.05, 4.69) is 57.9 Å². The van der Waals surface area contributed by atoms with E-state index in [1.54, 1.807) is 14.1 Å². The summed E-state index contributed by atoms with van der Waals surface area (Å²) in [5.74, 6) is -0.590.